The lowest BCUT2D eigenvalue weighted by Gasteiger charge is -2.26. The van der Waals surface area contributed by atoms with Crippen LogP contribution < -0.4 is 0 Å². The van der Waals surface area contributed by atoms with Crippen molar-refractivity contribution >= 4 is 6.29 Å². The molecule has 0 aromatic carbocycles. The largest absolute Gasteiger partial charge is 0.303 e. The summed E-state index contributed by atoms with van der Waals surface area (Å²) in [5.41, 5.74) is 0. The first-order valence-electron chi connectivity index (χ1n) is 4.24. The Hall–Kier alpha value is -0.410. The molecule has 0 atom stereocenters. The molecule has 1 saturated heterocycles. The molecule has 64 valence electrons. The molecule has 0 radical (unpaired) electrons. The zero-order valence-corrected chi connectivity index (χ0v) is 7.12. The Morgan fingerprint density at radius 2 is 2.09 bits per heavy atom. The fourth-order valence-corrected chi connectivity index (χ4v) is 1.42. The van der Waals surface area contributed by atoms with Crippen LogP contribution in [0.15, 0.2) is 0 Å². The molecule has 3 heteroatoms. The lowest BCUT2D eigenvalue weighted by molar-refractivity contribution is -0.108. The maximum Gasteiger partial charge on any atom is 0.121 e. The third-order valence-electron chi connectivity index (χ3n) is 2.14. The molecule has 0 amide bonds. The van der Waals surface area contributed by atoms with Crippen molar-refractivity contribution in [3.8, 4) is 0 Å². The van der Waals surface area contributed by atoms with Crippen molar-refractivity contribution in [2.45, 2.75) is 19.3 Å². The minimum absolute atomic E-state index is 0.646. The fourth-order valence-electron chi connectivity index (χ4n) is 1.42. The number of hydrazine groups is 1. The normalized spacial score (nSPS) is 19.5. The highest BCUT2D eigenvalue weighted by Gasteiger charge is 2.14. The number of rotatable bonds is 4. The number of carbonyl (C=O) groups excluding carboxylic acids is 1. The fraction of sp³-hybridized carbons (Fsp3) is 0.875. The minimum atomic E-state index is 0.646. The highest BCUT2D eigenvalue weighted by atomic mass is 16.1. The highest BCUT2D eigenvalue weighted by molar-refractivity contribution is 5.49. The SMILES string of the molecule is CN(CCC=O)N1CCCC1. The average Bonchev–Trinajstić information content (AvgIpc) is 2.52. The third-order valence-corrected chi connectivity index (χ3v) is 2.14. The van der Waals surface area contributed by atoms with Gasteiger partial charge in [-0.15, -0.1) is 0 Å². The summed E-state index contributed by atoms with van der Waals surface area (Å²) < 4.78 is 0. The molecular weight excluding hydrogens is 140 g/mol. The van der Waals surface area contributed by atoms with E-state index < -0.39 is 0 Å². The van der Waals surface area contributed by atoms with Crippen LogP contribution in [0, 0.1) is 0 Å². The van der Waals surface area contributed by atoms with Crippen molar-refractivity contribution in [2.24, 2.45) is 0 Å². The molecule has 11 heavy (non-hydrogen) atoms. The van der Waals surface area contributed by atoms with Gasteiger partial charge in [0, 0.05) is 33.1 Å². The first-order chi connectivity index (χ1) is 5.34. The summed E-state index contributed by atoms with van der Waals surface area (Å²) in [6.45, 7) is 3.19. The van der Waals surface area contributed by atoms with E-state index in [0.717, 1.165) is 25.9 Å². The molecule has 0 bridgehead atoms. The van der Waals surface area contributed by atoms with E-state index in [9.17, 15) is 4.79 Å². The van der Waals surface area contributed by atoms with Gasteiger partial charge in [-0.2, -0.15) is 0 Å². The zero-order valence-electron chi connectivity index (χ0n) is 7.12. The van der Waals surface area contributed by atoms with Crippen LogP contribution >= 0.6 is 0 Å². The van der Waals surface area contributed by atoms with Crippen LogP contribution in [0.25, 0.3) is 0 Å². The van der Waals surface area contributed by atoms with Crippen molar-refractivity contribution in [3.05, 3.63) is 0 Å². The summed E-state index contributed by atoms with van der Waals surface area (Å²) in [6.07, 6.45) is 4.22. The Balaban J connectivity index is 2.16. The summed E-state index contributed by atoms with van der Waals surface area (Å²) in [5.74, 6) is 0. The van der Waals surface area contributed by atoms with Gasteiger partial charge in [-0.3, -0.25) is 0 Å². The molecule has 1 aliphatic heterocycles. The highest BCUT2D eigenvalue weighted by Crippen LogP contribution is 2.08. The Bertz CT molecular complexity index is 121. The van der Waals surface area contributed by atoms with Crippen LogP contribution in [-0.4, -0.2) is 43.0 Å². The number of hydrogen-bond donors (Lipinski definition) is 0. The van der Waals surface area contributed by atoms with Crippen LogP contribution in [0.3, 0.4) is 0 Å². The van der Waals surface area contributed by atoms with E-state index in [0.29, 0.717) is 6.42 Å². The molecule has 0 aromatic rings. The van der Waals surface area contributed by atoms with Crippen molar-refractivity contribution in [1.82, 2.24) is 10.0 Å². The summed E-state index contributed by atoms with van der Waals surface area (Å²) >= 11 is 0. The predicted molar refractivity (Wildman–Crippen MR) is 44.1 cm³/mol. The number of nitrogens with zero attached hydrogens (tertiary/aromatic N) is 2. The first-order valence-corrected chi connectivity index (χ1v) is 4.24. The standard InChI is InChI=1S/C8H16N2O/c1-9(5-4-8-11)10-6-2-3-7-10/h8H,2-7H2,1H3. The van der Waals surface area contributed by atoms with Gasteiger partial charge in [0.1, 0.15) is 6.29 Å². The molecule has 0 aliphatic carbocycles. The molecule has 0 saturated carbocycles. The Morgan fingerprint density at radius 3 is 2.64 bits per heavy atom. The second-order valence-electron chi connectivity index (χ2n) is 3.00. The number of aldehydes is 1. The zero-order chi connectivity index (χ0) is 8.10. The van der Waals surface area contributed by atoms with Crippen LogP contribution in [-0.2, 0) is 4.79 Å². The second-order valence-corrected chi connectivity index (χ2v) is 3.00. The summed E-state index contributed by atoms with van der Waals surface area (Å²) in [7, 11) is 2.05. The predicted octanol–water partition coefficient (Wildman–Crippen LogP) is 0.518. The van der Waals surface area contributed by atoms with E-state index in [1.807, 2.05) is 0 Å². The molecular formula is C8H16N2O. The summed E-state index contributed by atoms with van der Waals surface area (Å²) in [5, 5.41) is 4.46. The van der Waals surface area contributed by atoms with Crippen LogP contribution in [0.2, 0.25) is 0 Å². The van der Waals surface area contributed by atoms with Crippen molar-refractivity contribution in [1.29, 1.82) is 0 Å². The third kappa shape index (κ3) is 2.60. The molecule has 0 N–H and O–H groups in total. The number of hydrogen-bond acceptors (Lipinski definition) is 3. The van der Waals surface area contributed by atoms with Gasteiger partial charge in [0.2, 0.25) is 0 Å². The van der Waals surface area contributed by atoms with E-state index >= 15 is 0 Å². The van der Waals surface area contributed by atoms with Gasteiger partial charge in [0.05, 0.1) is 0 Å². The van der Waals surface area contributed by atoms with Gasteiger partial charge in [-0.25, -0.2) is 10.0 Å². The lowest BCUT2D eigenvalue weighted by atomic mass is 10.4. The van der Waals surface area contributed by atoms with E-state index in [1.54, 1.807) is 0 Å². The molecule has 1 aliphatic rings. The minimum Gasteiger partial charge on any atom is -0.303 e. The maximum absolute atomic E-state index is 10.1. The molecule has 1 fully saturated rings. The van der Waals surface area contributed by atoms with Gasteiger partial charge in [0.15, 0.2) is 0 Å². The monoisotopic (exact) mass is 156 g/mol. The summed E-state index contributed by atoms with van der Waals surface area (Å²) in [6, 6.07) is 0. The van der Waals surface area contributed by atoms with Gasteiger partial charge in [-0.1, -0.05) is 0 Å². The lowest BCUT2D eigenvalue weighted by Crippen LogP contribution is -2.38. The first kappa shape index (κ1) is 8.68. The molecule has 1 rings (SSSR count). The molecule has 0 aromatic heterocycles. The Morgan fingerprint density at radius 1 is 1.45 bits per heavy atom. The van der Waals surface area contributed by atoms with Crippen LogP contribution in [0.5, 0.6) is 0 Å². The molecule has 1 heterocycles. The molecule has 3 nitrogen and oxygen atoms in total. The van der Waals surface area contributed by atoms with Gasteiger partial charge in [-0.05, 0) is 12.8 Å². The maximum atomic E-state index is 10.1. The van der Waals surface area contributed by atoms with Gasteiger partial charge in [0.25, 0.3) is 0 Å². The van der Waals surface area contributed by atoms with Crippen molar-refractivity contribution in [2.75, 3.05) is 26.7 Å². The van der Waals surface area contributed by atoms with E-state index in [1.165, 1.54) is 12.8 Å². The van der Waals surface area contributed by atoms with E-state index in [4.69, 9.17) is 0 Å². The quantitative estimate of drug-likeness (QED) is 0.554. The van der Waals surface area contributed by atoms with Crippen LogP contribution in [0.1, 0.15) is 19.3 Å². The van der Waals surface area contributed by atoms with E-state index in [2.05, 4.69) is 17.1 Å². The average molecular weight is 156 g/mol. The Kier molecular flexibility index (Phi) is 3.52. The van der Waals surface area contributed by atoms with Crippen molar-refractivity contribution in [3.63, 3.8) is 0 Å². The Labute approximate surface area is 67.9 Å². The summed E-state index contributed by atoms with van der Waals surface area (Å²) in [4.78, 5) is 10.1. The van der Waals surface area contributed by atoms with Gasteiger partial charge < -0.3 is 4.79 Å². The topological polar surface area (TPSA) is 23.6 Å². The second kappa shape index (κ2) is 4.46. The van der Waals surface area contributed by atoms with Crippen molar-refractivity contribution < 1.29 is 4.79 Å². The smallest absolute Gasteiger partial charge is 0.121 e. The van der Waals surface area contributed by atoms with E-state index in [-0.39, 0.29) is 0 Å². The number of carbonyl (C=O) groups is 1. The molecule has 0 unspecified atom stereocenters. The van der Waals surface area contributed by atoms with Gasteiger partial charge >= 0.3 is 0 Å². The van der Waals surface area contributed by atoms with Crippen LogP contribution in [0.4, 0.5) is 0 Å². The molecule has 0 spiro atoms.